The van der Waals surface area contributed by atoms with Crippen LogP contribution in [0.5, 0.6) is 0 Å². The first kappa shape index (κ1) is 9.66. The number of benzene rings is 1. The molecule has 12 heavy (non-hydrogen) atoms. The molecule has 0 bridgehead atoms. The summed E-state index contributed by atoms with van der Waals surface area (Å²) in [6.45, 7) is 6.58. The third-order valence-corrected chi connectivity index (χ3v) is 3.18. The van der Waals surface area contributed by atoms with E-state index in [0.29, 0.717) is 5.25 Å². The lowest BCUT2D eigenvalue weighted by Crippen LogP contribution is -1.91. The molecule has 0 aromatic heterocycles. The first-order valence-corrected chi connectivity index (χ1v) is 5.54. The fourth-order valence-corrected chi connectivity index (χ4v) is 1.93. The molecule has 0 saturated heterocycles. The van der Waals surface area contributed by atoms with Crippen molar-refractivity contribution in [3.63, 3.8) is 0 Å². The van der Waals surface area contributed by atoms with E-state index >= 15 is 0 Å². The molecule has 0 aliphatic heterocycles. The Morgan fingerprint density at radius 3 is 2.42 bits per heavy atom. The van der Waals surface area contributed by atoms with Crippen LogP contribution in [0.2, 0.25) is 0 Å². The van der Waals surface area contributed by atoms with Crippen LogP contribution in [0.25, 0.3) is 0 Å². The Balaban J connectivity index is 3.01. The lowest BCUT2D eigenvalue weighted by Gasteiger charge is -2.12. The third-order valence-electron chi connectivity index (χ3n) is 2.22. The highest BCUT2D eigenvalue weighted by Gasteiger charge is 2.05. The molecule has 0 fully saturated rings. The van der Waals surface area contributed by atoms with Crippen LogP contribution in [-0.4, -0.2) is 6.26 Å². The van der Waals surface area contributed by atoms with Crippen molar-refractivity contribution in [2.24, 2.45) is 0 Å². The molecular formula is C11H16S. The van der Waals surface area contributed by atoms with Crippen LogP contribution in [0.1, 0.15) is 28.9 Å². The second-order valence-electron chi connectivity index (χ2n) is 3.24. The van der Waals surface area contributed by atoms with Crippen LogP contribution in [-0.2, 0) is 0 Å². The molecule has 0 heterocycles. The summed E-state index contributed by atoms with van der Waals surface area (Å²) < 4.78 is 0. The van der Waals surface area contributed by atoms with Crippen molar-refractivity contribution in [2.45, 2.75) is 26.0 Å². The first-order valence-electron chi connectivity index (χ1n) is 4.25. The van der Waals surface area contributed by atoms with Crippen molar-refractivity contribution in [1.82, 2.24) is 0 Å². The second kappa shape index (κ2) is 3.99. The molecule has 1 rings (SSSR count). The first-order chi connectivity index (χ1) is 5.65. The zero-order valence-electron chi connectivity index (χ0n) is 8.22. The Morgan fingerprint density at radius 1 is 1.25 bits per heavy atom. The van der Waals surface area contributed by atoms with Crippen LogP contribution >= 0.6 is 11.8 Å². The number of hydrogen-bond acceptors (Lipinski definition) is 1. The zero-order chi connectivity index (χ0) is 9.14. The second-order valence-corrected chi connectivity index (χ2v) is 4.42. The molecule has 0 radical (unpaired) electrons. The highest BCUT2D eigenvalue weighted by Crippen LogP contribution is 2.28. The molecule has 0 amide bonds. The smallest absolute Gasteiger partial charge is 0.0268 e. The van der Waals surface area contributed by atoms with Gasteiger partial charge in [-0.3, -0.25) is 0 Å². The van der Waals surface area contributed by atoms with Crippen molar-refractivity contribution in [1.29, 1.82) is 0 Å². The van der Waals surface area contributed by atoms with Gasteiger partial charge in [0.1, 0.15) is 0 Å². The standard InChI is InChI=1S/C11H16S/c1-8-5-6-11(9(2)7-8)10(3)12-4/h5-7,10H,1-4H3. The molecule has 1 unspecified atom stereocenters. The largest absolute Gasteiger partial charge is 0.157 e. The summed E-state index contributed by atoms with van der Waals surface area (Å²) in [7, 11) is 0. The van der Waals surface area contributed by atoms with Gasteiger partial charge < -0.3 is 0 Å². The van der Waals surface area contributed by atoms with Gasteiger partial charge in [0.15, 0.2) is 0 Å². The van der Waals surface area contributed by atoms with E-state index in [0.717, 1.165) is 0 Å². The average Bonchev–Trinajstić information content (AvgIpc) is 2.03. The molecule has 0 N–H and O–H groups in total. The Labute approximate surface area is 79.4 Å². The molecule has 1 aromatic carbocycles. The fourth-order valence-electron chi connectivity index (χ4n) is 1.41. The van der Waals surface area contributed by atoms with Crippen molar-refractivity contribution in [2.75, 3.05) is 6.26 Å². The van der Waals surface area contributed by atoms with E-state index in [1.54, 1.807) is 0 Å². The molecule has 1 atom stereocenters. The van der Waals surface area contributed by atoms with Gasteiger partial charge in [-0.2, -0.15) is 11.8 Å². The summed E-state index contributed by atoms with van der Waals surface area (Å²) in [6, 6.07) is 6.68. The predicted molar refractivity (Wildman–Crippen MR) is 57.8 cm³/mol. The fraction of sp³-hybridized carbons (Fsp3) is 0.455. The summed E-state index contributed by atoms with van der Waals surface area (Å²) in [5, 5.41) is 0.616. The summed E-state index contributed by atoms with van der Waals surface area (Å²) in [6.07, 6.45) is 2.16. The van der Waals surface area contributed by atoms with Gasteiger partial charge in [0.25, 0.3) is 0 Å². The molecule has 0 spiro atoms. The maximum atomic E-state index is 2.25. The third kappa shape index (κ3) is 2.04. The Hall–Kier alpha value is -0.430. The van der Waals surface area contributed by atoms with Gasteiger partial charge in [-0.15, -0.1) is 0 Å². The normalized spacial score (nSPS) is 13.0. The Kier molecular flexibility index (Phi) is 3.21. The monoisotopic (exact) mass is 180 g/mol. The van der Waals surface area contributed by atoms with E-state index < -0.39 is 0 Å². The van der Waals surface area contributed by atoms with Gasteiger partial charge >= 0.3 is 0 Å². The maximum Gasteiger partial charge on any atom is 0.0268 e. The topological polar surface area (TPSA) is 0 Å². The van der Waals surface area contributed by atoms with Crippen LogP contribution in [0.15, 0.2) is 18.2 Å². The molecule has 0 saturated carbocycles. The SMILES string of the molecule is CSC(C)c1ccc(C)cc1C. The minimum Gasteiger partial charge on any atom is -0.157 e. The summed E-state index contributed by atoms with van der Waals surface area (Å²) in [5.74, 6) is 0. The van der Waals surface area contributed by atoms with Crippen molar-refractivity contribution >= 4 is 11.8 Å². The molecule has 1 heteroatoms. The highest BCUT2D eigenvalue weighted by molar-refractivity contribution is 7.98. The number of thioether (sulfide) groups is 1. The molecule has 66 valence electrons. The van der Waals surface area contributed by atoms with Gasteiger partial charge in [-0.25, -0.2) is 0 Å². The number of aryl methyl sites for hydroxylation is 2. The van der Waals surface area contributed by atoms with E-state index in [4.69, 9.17) is 0 Å². The minimum absolute atomic E-state index is 0.616. The van der Waals surface area contributed by atoms with Gasteiger partial charge in [0.05, 0.1) is 0 Å². The predicted octanol–water partition coefficient (Wildman–Crippen LogP) is 3.73. The highest BCUT2D eigenvalue weighted by atomic mass is 32.2. The summed E-state index contributed by atoms with van der Waals surface area (Å²) >= 11 is 1.90. The molecule has 0 aliphatic rings. The van der Waals surface area contributed by atoms with Crippen molar-refractivity contribution in [3.8, 4) is 0 Å². The van der Waals surface area contributed by atoms with Crippen LogP contribution in [0.3, 0.4) is 0 Å². The molecular weight excluding hydrogens is 164 g/mol. The van der Waals surface area contributed by atoms with Crippen LogP contribution < -0.4 is 0 Å². The van der Waals surface area contributed by atoms with Gasteiger partial charge in [0.2, 0.25) is 0 Å². The van der Waals surface area contributed by atoms with Gasteiger partial charge in [-0.05, 0) is 38.2 Å². The minimum atomic E-state index is 0.616. The van der Waals surface area contributed by atoms with Crippen LogP contribution in [0, 0.1) is 13.8 Å². The maximum absolute atomic E-state index is 2.25. The van der Waals surface area contributed by atoms with E-state index in [-0.39, 0.29) is 0 Å². The number of hydrogen-bond donors (Lipinski definition) is 0. The lowest BCUT2D eigenvalue weighted by molar-refractivity contribution is 1.07. The Bertz CT molecular complexity index is 266. The number of rotatable bonds is 2. The van der Waals surface area contributed by atoms with Crippen molar-refractivity contribution < 1.29 is 0 Å². The summed E-state index contributed by atoms with van der Waals surface area (Å²) in [5.41, 5.74) is 4.23. The van der Waals surface area contributed by atoms with E-state index in [1.165, 1.54) is 16.7 Å². The van der Waals surface area contributed by atoms with E-state index in [9.17, 15) is 0 Å². The molecule has 1 aromatic rings. The van der Waals surface area contributed by atoms with Gasteiger partial charge in [0, 0.05) is 5.25 Å². The lowest BCUT2D eigenvalue weighted by atomic mass is 10.0. The van der Waals surface area contributed by atoms with Crippen LogP contribution in [0.4, 0.5) is 0 Å². The van der Waals surface area contributed by atoms with E-state index in [2.05, 4.69) is 45.2 Å². The summed E-state index contributed by atoms with van der Waals surface area (Å²) in [4.78, 5) is 0. The van der Waals surface area contributed by atoms with E-state index in [1.807, 2.05) is 11.8 Å². The van der Waals surface area contributed by atoms with Crippen molar-refractivity contribution in [3.05, 3.63) is 34.9 Å². The average molecular weight is 180 g/mol. The Morgan fingerprint density at radius 2 is 1.92 bits per heavy atom. The quantitative estimate of drug-likeness (QED) is 0.668. The molecule has 0 aliphatic carbocycles. The zero-order valence-corrected chi connectivity index (χ0v) is 9.03. The van der Waals surface area contributed by atoms with Gasteiger partial charge in [-0.1, -0.05) is 23.8 Å². The molecule has 0 nitrogen and oxygen atoms in total.